The van der Waals surface area contributed by atoms with Gasteiger partial charge in [0.05, 0.1) is 46.4 Å². The van der Waals surface area contributed by atoms with Gasteiger partial charge in [0.15, 0.2) is 5.69 Å². The maximum atomic E-state index is 8.66. The molecule has 0 atom stereocenters. The molecule has 8 aromatic carbocycles. The SMILES string of the molecule is [C-]#[N+]c1c(-c2cccc(-n3c4ccccc4c4c([N+]#[C-])cccc43)c2)cccc1-n1c2ccccc2c2ccc(-n3c4ccccc4c4ccccc43)cc21. The third-order valence-corrected chi connectivity index (χ3v) is 11.1. The lowest BCUT2D eigenvalue weighted by Gasteiger charge is -2.16. The van der Waals surface area contributed by atoms with E-state index < -0.39 is 0 Å². The van der Waals surface area contributed by atoms with E-state index in [0.29, 0.717) is 11.4 Å². The molecule has 5 heteroatoms. The third kappa shape index (κ3) is 4.39. The molecule has 11 rings (SSSR count). The zero-order chi connectivity index (χ0) is 36.6. The molecule has 0 aliphatic carbocycles. The lowest BCUT2D eigenvalue weighted by atomic mass is 10.0. The van der Waals surface area contributed by atoms with Gasteiger partial charge in [-0.3, -0.25) is 0 Å². The molecule has 0 N–H and O–H groups in total. The lowest BCUT2D eigenvalue weighted by Crippen LogP contribution is -1.98. The van der Waals surface area contributed by atoms with Crippen molar-refractivity contribution < 1.29 is 0 Å². The second-order valence-corrected chi connectivity index (χ2v) is 13.9. The van der Waals surface area contributed by atoms with Gasteiger partial charge in [0.25, 0.3) is 0 Å². The maximum Gasteiger partial charge on any atom is 0.218 e. The lowest BCUT2D eigenvalue weighted by molar-refractivity contribution is 1.16. The number of fused-ring (bicyclic) bond motifs is 9. The molecule has 3 aromatic heterocycles. The zero-order valence-corrected chi connectivity index (χ0v) is 29.5. The Morgan fingerprint density at radius 1 is 0.364 bits per heavy atom. The summed E-state index contributed by atoms with van der Waals surface area (Å²) in [5.74, 6) is 0. The Balaban J connectivity index is 1.14. The van der Waals surface area contributed by atoms with E-state index in [1.165, 1.54) is 10.8 Å². The minimum Gasteiger partial charge on any atom is -0.319 e. The Morgan fingerprint density at radius 2 is 0.891 bits per heavy atom. The Kier molecular flexibility index (Phi) is 6.61. The molecule has 0 aliphatic heterocycles. The Morgan fingerprint density at radius 3 is 1.56 bits per heavy atom. The van der Waals surface area contributed by atoms with Crippen molar-refractivity contribution in [1.29, 1.82) is 0 Å². The average Bonchev–Trinajstić information content (AvgIpc) is 3.89. The minimum absolute atomic E-state index is 0.585. The molecule has 55 heavy (non-hydrogen) atoms. The van der Waals surface area contributed by atoms with Crippen LogP contribution in [0.3, 0.4) is 0 Å². The molecule has 0 saturated carbocycles. The number of benzene rings is 8. The van der Waals surface area contributed by atoms with Gasteiger partial charge in [-0.2, -0.15) is 0 Å². The molecule has 0 unspecified atom stereocenters. The van der Waals surface area contributed by atoms with Crippen LogP contribution in [-0.4, -0.2) is 13.7 Å². The van der Waals surface area contributed by atoms with Crippen molar-refractivity contribution in [3.63, 3.8) is 0 Å². The molecule has 11 aromatic rings. The summed E-state index contributed by atoms with van der Waals surface area (Å²) in [6.45, 7) is 16.5. The third-order valence-electron chi connectivity index (χ3n) is 11.1. The summed E-state index contributed by atoms with van der Waals surface area (Å²) >= 11 is 0. The first kappa shape index (κ1) is 30.7. The van der Waals surface area contributed by atoms with E-state index in [2.05, 4.69) is 175 Å². The molecule has 0 saturated heterocycles. The highest BCUT2D eigenvalue weighted by molar-refractivity contribution is 6.16. The Bertz CT molecular complexity index is 3420. The van der Waals surface area contributed by atoms with Gasteiger partial charge in [0.1, 0.15) is 0 Å². The van der Waals surface area contributed by atoms with E-state index in [1.54, 1.807) is 0 Å². The van der Waals surface area contributed by atoms with Crippen LogP contribution in [0.2, 0.25) is 0 Å². The smallest absolute Gasteiger partial charge is 0.218 e. The molecule has 0 aliphatic rings. The van der Waals surface area contributed by atoms with E-state index in [4.69, 9.17) is 13.1 Å². The van der Waals surface area contributed by atoms with Crippen LogP contribution in [0, 0.1) is 13.1 Å². The van der Waals surface area contributed by atoms with E-state index in [-0.39, 0.29) is 0 Å². The number of para-hydroxylation sites is 5. The zero-order valence-electron chi connectivity index (χ0n) is 29.5. The van der Waals surface area contributed by atoms with Crippen LogP contribution in [0.4, 0.5) is 11.4 Å². The predicted octanol–water partition coefficient (Wildman–Crippen LogP) is 13.7. The quantitative estimate of drug-likeness (QED) is 0.163. The van der Waals surface area contributed by atoms with Crippen molar-refractivity contribution in [2.45, 2.75) is 0 Å². The number of hydrogen-bond donors (Lipinski definition) is 0. The summed E-state index contributed by atoms with van der Waals surface area (Å²) in [6, 6.07) is 61.1. The largest absolute Gasteiger partial charge is 0.319 e. The first-order chi connectivity index (χ1) is 27.2. The van der Waals surface area contributed by atoms with Crippen molar-refractivity contribution in [1.82, 2.24) is 13.7 Å². The molecule has 0 fully saturated rings. The number of rotatable bonds is 4. The van der Waals surface area contributed by atoms with Gasteiger partial charge in [-0.25, -0.2) is 9.69 Å². The van der Waals surface area contributed by atoms with Crippen LogP contribution in [0.15, 0.2) is 176 Å². The topological polar surface area (TPSA) is 23.5 Å². The molecule has 254 valence electrons. The first-order valence-electron chi connectivity index (χ1n) is 18.3. The van der Waals surface area contributed by atoms with Crippen LogP contribution < -0.4 is 0 Å². The van der Waals surface area contributed by atoms with Gasteiger partial charge in [-0.05, 0) is 77.2 Å². The molecule has 0 bridgehead atoms. The van der Waals surface area contributed by atoms with Gasteiger partial charge in [-0.15, -0.1) is 0 Å². The number of nitrogens with zero attached hydrogens (tertiary/aromatic N) is 5. The normalized spacial score (nSPS) is 11.6. The van der Waals surface area contributed by atoms with Gasteiger partial charge in [0.2, 0.25) is 5.69 Å². The van der Waals surface area contributed by atoms with E-state index in [1.807, 2.05) is 24.3 Å². The average molecular weight is 700 g/mol. The fourth-order valence-corrected chi connectivity index (χ4v) is 8.80. The van der Waals surface area contributed by atoms with Crippen molar-refractivity contribution in [3.05, 3.63) is 199 Å². The second-order valence-electron chi connectivity index (χ2n) is 13.9. The first-order valence-corrected chi connectivity index (χ1v) is 18.3. The van der Waals surface area contributed by atoms with Gasteiger partial charge < -0.3 is 13.7 Å². The molecular weight excluding hydrogens is 671 g/mol. The van der Waals surface area contributed by atoms with Gasteiger partial charge in [-0.1, -0.05) is 115 Å². The number of aromatic nitrogens is 3. The summed E-state index contributed by atoms with van der Waals surface area (Å²) in [4.78, 5) is 8.14. The maximum absolute atomic E-state index is 8.66. The molecule has 0 spiro atoms. The summed E-state index contributed by atoms with van der Waals surface area (Å²) in [5.41, 5.74) is 12.3. The van der Waals surface area contributed by atoms with Crippen molar-refractivity contribution in [2.24, 2.45) is 0 Å². The fourth-order valence-electron chi connectivity index (χ4n) is 8.80. The Hall–Kier alpha value is -7.86. The Labute approximate surface area is 316 Å². The van der Waals surface area contributed by atoms with Gasteiger partial charge in [0, 0.05) is 43.8 Å². The van der Waals surface area contributed by atoms with E-state index in [9.17, 15) is 0 Å². The highest BCUT2D eigenvalue weighted by Crippen LogP contribution is 2.43. The summed E-state index contributed by atoms with van der Waals surface area (Å²) in [5, 5.41) is 6.71. The van der Waals surface area contributed by atoms with Crippen molar-refractivity contribution in [2.75, 3.05) is 0 Å². The molecule has 3 heterocycles. The highest BCUT2D eigenvalue weighted by atomic mass is 15.0. The summed E-state index contributed by atoms with van der Waals surface area (Å²) in [7, 11) is 0. The van der Waals surface area contributed by atoms with E-state index >= 15 is 0 Å². The molecule has 5 nitrogen and oxygen atoms in total. The van der Waals surface area contributed by atoms with Crippen LogP contribution in [-0.2, 0) is 0 Å². The van der Waals surface area contributed by atoms with E-state index in [0.717, 1.165) is 82.8 Å². The summed E-state index contributed by atoms with van der Waals surface area (Å²) in [6.07, 6.45) is 0. The second kappa shape index (κ2) is 11.8. The van der Waals surface area contributed by atoms with Crippen LogP contribution in [0.5, 0.6) is 0 Å². The molecule has 0 amide bonds. The van der Waals surface area contributed by atoms with Crippen LogP contribution in [0.1, 0.15) is 0 Å². The predicted molar refractivity (Wildman–Crippen MR) is 227 cm³/mol. The number of hydrogen-bond acceptors (Lipinski definition) is 0. The van der Waals surface area contributed by atoms with Crippen LogP contribution >= 0.6 is 0 Å². The van der Waals surface area contributed by atoms with Gasteiger partial charge >= 0.3 is 0 Å². The summed E-state index contributed by atoms with van der Waals surface area (Å²) < 4.78 is 6.84. The highest BCUT2D eigenvalue weighted by Gasteiger charge is 2.21. The monoisotopic (exact) mass is 699 g/mol. The molecular formula is C50H29N5. The van der Waals surface area contributed by atoms with Crippen molar-refractivity contribution >= 4 is 76.8 Å². The van der Waals surface area contributed by atoms with Crippen molar-refractivity contribution in [3.8, 4) is 28.2 Å². The van der Waals surface area contributed by atoms with Crippen LogP contribution in [0.25, 0.3) is 103 Å². The fraction of sp³-hybridized carbons (Fsp3) is 0. The molecule has 0 radical (unpaired) electrons. The minimum atomic E-state index is 0.585. The standard InChI is InChI=1S/C50H29N5/c1-51-41-21-13-26-46-49(41)40-19-6-10-25-45(40)54(46)33-15-11-14-32(30-33)35-20-12-27-47(50(35)52-2)55-44-24-9-5-18-38(44)39-29-28-34(31-48(39)55)53-42-22-7-3-16-36(42)37-17-4-8-23-43(37)53/h3-31H.